The van der Waals surface area contributed by atoms with Gasteiger partial charge in [-0.2, -0.15) is 0 Å². The van der Waals surface area contributed by atoms with E-state index < -0.39 is 0 Å². The lowest BCUT2D eigenvalue weighted by molar-refractivity contribution is -0.894. The molecule has 0 amide bonds. The van der Waals surface area contributed by atoms with Crippen molar-refractivity contribution in [1.29, 1.82) is 0 Å². The summed E-state index contributed by atoms with van der Waals surface area (Å²) in [4.78, 5) is 1.69. The molecule has 0 radical (unpaired) electrons. The van der Waals surface area contributed by atoms with E-state index in [9.17, 15) is 0 Å². The molecule has 0 spiro atoms. The van der Waals surface area contributed by atoms with Gasteiger partial charge in [-0.1, -0.05) is 49.8 Å². The maximum Gasteiger partial charge on any atom is 0.0961 e. The minimum Gasteiger partial charge on any atom is -0.870 e. The summed E-state index contributed by atoms with van der Waals surface area (Å²) >= 11 is 0. The lowest BCUT2D eigenvalue weighted by Crippen LogP contribution is -3.11. The second-order valence-corrected chi connectivity index (χ2v) is 4.77. The first-order valence-corrected chi connectivity index (χ1v) is 6.83. The van der Waals surface area contributed by atoms with Crippen molar-refractivity contribution in [3.05, 3.63) is 41.5 Å². The second kappa shape index (κ2) is 9.86. The van der Waals surface area contributed by atoms with Crippen LogP contribution in [0.5, 0.6) is 0 Å². The standard InChI is InChI=1S/C16H25N.H2O/c1-4-12-17(13-5-2)14-6-7-16-10-8-15(3)9-11-16;/h6-11H,4-5,12-14H2,1-3H3;1H2. The third-order valence-electron chi connectivity index (χ3n) is 3.00. The Hall–Kier alpha value is -1.12. The molecule has 0 atom stereocenters. The van der Waals surface area contributed by atoms with E-state index in [1.54, 1.807) is 4.90 Å². The molecule has 0 fully saturated rings. The number of quaternary nitrogens is 1. The van der Waals surface area contributed by atoms with Crippen LogP contribution in [0, 0.1) is 6.92 Å². The van der Waals surface area contributed by atoms with Gasteiger partial charge < -0.3 is 10.4 Å². The fraction of sp³-hybridized carbons (Fsp3) is 0.500. The number of hydrogen-bond acceptors (Lipinski definition) is 1. The van der Waals surface area contributed by atoms with Crippen LogP contribution in [0.3, 0.4) is 0 Å². The van der Waals surface area contributed by atoms with E-state index in [-0.39, 0.29) is 5.48 Å². The molecule has 0 aliphatic heterocycles. The van der Waals surface area contributed by atoms with Crippen LogP contribution in [0.25, 0.3) is 6.08 Å². The smallest absolute Gasteiger partial charge is 0.0961 e. The van der Waals surface area contributed by atoms with Crippen molar-refractivity contribution in [1.82, 2.24) is 0 Å². The summed E-state index contributed by atoms with van der Waals surface area (Å²) in [7, 11) is 0. The Kier molecular flexibility index (Phi) is 9.25. The van der Waals surface area contributed by atoms with Gasteiger partial charge >= 0.3 is 0 Å². The summed E-state index contributed by atoms with van der Waals surface area (Å²) in [5.74, 6) is 0. The quantitative estimate of drug-likeness (QED) is 0.791. The SMILES string of the molecule is CCC[NH+](CC=Cc1ccc(C)cc1)CCC.[OH-]. The Morgan fingerprint density at radius 3 is 2.06 bits per heavy atom. The molecule has 0 unspecified atom stereocenters. The van der Waals surface area contributed by atoms with Crippen LogP contribution >= 0.6 is 0 Å². The molecule has 0 aromatic heterocycles. The summed E-state index contributed by atoms with van der Waals surface area (Å²) in [5.41, 5.74) is 2.63. The van der Waals surface area contributed by atoms with E-state index >= 15 is 0 Å². The van der Waals surface area contributed by atoms with Crippen LogP contribution in [0.4, 0.5) is 0 Å². The summed E-state index contributed by atoms with van der Waals surface area (Å²) < 4.78 is 0. The van der Waals surface area contributed by atoms with E-state index in [1.807, 2.05) is 0 Å². The Balaban J connectivity index is 0.00000289. The molecule has 2 nitrogen and oxygen atoms in total. The molecule has 18 heavy (non-hydrogen) atoms. The molecular weight excluding hydrogens is 222 g/mol. The topological polar surface area (TPSA) is 34.4 Å². The number of benzene rings is 1. The summed E-state index contributed by atoms with van der Waals surface area (Å²) in [6.07, 6.45) is 7.09. The van der Waals surface area contributed by atoms with Gasteiger partial charge in [0.2, 0.25) is 0 Å². The van der Waals surface area contributed by atoms with Crippen molar-refractivity contribution in [3.63, 3.8) is 0 Å². The van der Waals surface area contributed by atoms with Crippen LogP contribution in [0.2, 0.25) is 0 Å². The Morgan fingerprint density at radius 1 is 1.00 bits per heavy atom. The molecule has 1 rings (SSSR count). The molecule has 0 aliphatic carbocycles. The molecule has 0 saturated heterocycles. The van der Waals surface area contributed by atoms with Crippen LogP contribution < -0.4 is 4.90 Å². The van der Waals surface area contributed by atoms with E-state index in [0.717, 1.165) is 6.54 Å². The summed E-state index contributed by atoms with van der Waals surface area (Å²) in [5, 5.41) is 0. The highest BCUT2D eigenvalue weighted by atomic mass is 16.0. The molecule has 102 valence electrons. The Labute approximate surface area is 112 Å². The summed E-state index contributed by atoms with van der Waals surface area (Å²) in [6.45, 7) is 10.4. The third-order valence-corrected chi connectivity index (χ3v) is 3.00. The maximum absolute atomic E-state index is 2.31. The fourth-order valence-corrected chi connectivity index (χ4v) is 2.08. The van der Waals surface area contributed by atoms with Gasteiger partial charge in [0.05, 0.1) is 19.6 Å². The van der Waals surface area contributed by atoms with Crippen LogP contribution in [-0.4, -0.2) is 25.1 Å². The van der Waals surface area contributed by atoms with E-state index in [2.05, 4.69) is 57.2 Å². The van der Waals surface area contributed by atoms with E-state index in [4.69, 9.17) is 0 Å². The monoisotopic (exact) mass is 249 g/mol. The van der Waals surface area contributed by atoms with E-state index in [0.29, 0.717) is 0 Å². The van der Waals surface area contributed by atoms with Gasteiger partial charge in [0.25, 0.3) is 0 Å². The van der Waals surface area contributed by atoms with Gasteiger partial charge in [0.1, 0.15) is 0 Å². The zero-order chi connectivity index (χ0) is 12.5. The minimum absolute atomic E-state index is 0. The van der Waals surface area contributed by atoms with E-state index in [1.165, 1.54) is 37.1 Å². The minimum atomic E-state index is 0. The number of nitrogens with one attached hydrogen (secondary N) is 1. The van der Waals surface area contributed by atoms with Crippen molar-refractivity contribution < 1.29 is 10.4 Å². The number of hydrogen-bond donors (Lipinski definition) is 1. The predicted octanol–water partition coefficient (Wildman–Crippen LogP) is 2.54. The largest absolute Gasteiger partial charge is 0.870 e. The van der Waals surface area contributed by atoms with Gasteiger partial charge in [0, 0.05) is 0 Å². The van der Waals surface area contributed by atoms with Gasteiger partial charge in [-0.25, -0.2) is 0 Å². The van der Waals surface area contributed by atoms with Crippen molar-refractivity contribution in [2.24, 2.45) is 0 Å². The molecule has 0 bridgehead atoms. The predicted molar refractivity (Wildman–Crippen MR) is 78.3 cm³/mol. The van der Waals surface area contributed by atoms with Gasteiger partial charge in [-0.3, -0.25) is 0 Å². The van der Waals surface area contributed by atoms with Crippen LogP contribution in [0.1, 0.15) is 37.8 Å². The number of aryl methyl sites for hydroxylation is 1. The lowest BCUT2D eigenvalue weighted by Gasteiger charge is -2.15. The molecule has 1 aromatic carbocycles. The fourth-order valence-electron chi connectivity index (χ4n) is 2.08. The van der Waals surface area contributed by atoms with Gasteiger partial charge in [0.15, 0.2) is 0 Å². The van der Waals surface area contributed by atoms with Gasteiger partial charge in [-0.15, -0.1) is 0 Å². The Morgan fingerprint density at radius 2 is 1.56 bits per heavy atom. The second-order valence-electron chi connectivity index (χ2n) is 4.77. The van der Waals surface area contributed by atoms with Crippen LogP contribution in [-0.2, 0) is 0 Å². The molecular formula is C16H27NO. The molecule has 2 N–H and O–H groups in total. The molecule has 1 aromatic rings. The number of rotatable bonds is 7. The molecule has 2 heteroatoms. The highest BCUT2D eigenvalue weighted by molar-refractivity contribution is 5.49. The van der Waals surface area contributed by atoms with Crippen molar-refractivity contribution in [2.75, 3.05) is 19.6 Å². The maximum atomic E-state index is 2.31. The van der Waals surface area contributed by atoms with Crippen molar-refractivity contribution in [3.8, 4) is 0 Å². The zero-order valence-corrected chi connectivity index (χ0v) is 11.9. The highest BCUT2D eigenvalue weighted by Crippen LogP contribution is 2.04. The third kappa shape index (κ3) is 6.58. The average Bonchev–Trinajstić information content (AvgIpc) is 2.32. The van der Waals surface area contributed by atoms with Crippen molar-refractivity contribution >= 4 is 6.08 Å². The Bertz CT molecular complexity index is 323. The zero-order valence-electron chi connectivity index (χ0n) is 11.9. The first kappa shape index (κ1) is 16.9. The average molecular weight is 249 g/mol. The van der Waals surface area contributed by atoms with Gasteiger partial charge in [-0.05, 0) is 31.4 Å². The normalized spacial score (nSPS) is 10.9. The lowest BCUT2D eigenvalue weighted by atomic mass is 10.1. The first-order chi connectivity index (χ1) is 8.26. The van der Waals surface area contributed by atoms with Crippen LogP contribution in [0.15, 0.2) is 30.3 Å². The summed E-state index contributed by atoms with van der Waals surface area (Å²) in [6, 6.07) is 8.71. The molecule has 0 aliphatic rings. The first-order valence-electron chi connectivity index (χ1n) is 6.83. The van der Waals surface area contributed by atoms with Crippen molar-refractivity contribution in [2.45, 2.75) is 33.6 Å². The molecule has 0 heterocycles. The molecule has 0 saturated carbocycles. The highest BCUT2D eigenvalue weighted by Gasteiger charge is 2.02.